The van der Waals surface area contributed by atoms with Crippen LogP contribution >= 0.6 is 24.0 Å². The Morgan fingerprint density at radius 2 is 2.05 bits per heavy atom. The molecule has 2 rings (SSSR count). The lowest BCUT2D eigenvalue weighted by molar-refractivity contribution is 0.355. The van der Waals surface area contributed by atoms with Crippen molar-refractivity contribution in [3.63, 3.8) is 0 Å². The van der Waals surface area contributed by atoms with Gasteiger partial charge in [0.15, 0.2) is 11.5 Å². The van der Waals surface area contributed by atoms with Crippen molar-refractivity contribution in [3.8, 4) is 22.9 Å². The van der Waals surface area contributed by atoms with Gasteiger partial charge in [-0.15, -0.1) is 12.4 Å². The number of nitrogens with zero attached hydrogens (tertiary/aromatic N) is 2. The highest BCUT2D eigenvalue weighted by atomic mass is 35.5. The molecule has 104 valence electrons. The van der Waals surface area contributed by atoms with Crippen LogP contribution in [0.2, 0.25) is 5.02 Å². The summed E-state index contributed by atoms with van der Waals surface area (Å²) in [6.07, 6.45) is 0. The third kappa shape index (κ3) is 3.09. The quantitative estimate of drug-likeness (QED) is 0.933. The van der Waals surface area contributed by atoms with Gasteiger partial charge in [0.05, 0.1) is 25.8 Å². The van der Waals surface area contributed by atoms with E-state index in [1.54, 1.807) is 12.1 Å². The molecule has 0 spiro atoms. The molecule has 1 aromatic carbocycles. The minimum atomic E-state index is 0. The zero-order chi connectivity index (χ0) is 13.1. The van der Waals surface area contributed by atoms with Crippen molar-refractivity contribution in [2.75, 3.05) is 14.2 Å². The topological polar surface area (TPSA) is 83.4 Å². The molecule has 6 nitrogen and oxygen atoms in total. The number of methoxy groups -OCH3 is 2. The van der Waals surface area contributed by atoms with Gasteiger partial charge < -0.3 is 19.7 Å². The Morgan fingerprint density at radius 1 is 1.32 bits per heavy atom. The monoisotopic (exact) mass is 305 g/mol. The van der Waals surface area contributed by atoms with Gasteiger partial charge in [-0.3, -0.25) is 0 Å². The third-order valence-corrected chi connectivity index (χ3v) is 2.62. The van der Waals surface area contributed by atoms with E-state index in [1.807, 2.05) is 0 Å². The Hall–Kier alpha value is -1.50. The van der Waals surface area contributed by atoms with Crippen molar-refractivity contribution in [1.82, 2.24) is 10.1 Å². The molecule has 0 saturated heterocycles. The molecule has 8 heteroatoms. The zero-order valence-corrected chi connectivity index (χ0v) is 11.9. The van der Waals surface area contributed by atoms with Crippen LogP contribution in [0.4, 0.5) is 0 Å². The Kier molecular flexibility index (Phi) is 5.41. The Labute approximate surface area is 121 Å². The number of ether oxygens (including phenoxy) is 2. The molecule has 1 heterocycles. The summed E-state index contributed by atoms with van der Waals surface area (Å²) in [5.41, 5.74) is 6.07. The van der Waals surface area contributed by atoms with Gasteiger partial charge in [-0.25, -0.2) is 0 Å². The summed E-state index contributed by atoms with van der Waals surface area (Å²) in [6, 6.07) is 3.39. The van der Waals surface area contributed by atoms with Gasteiger partial charge >= 0.3 is 0 Å². The minimum Gasteiger partial charge on any atom is -0.493 e. The zero-order valence-electron chi connectivity index (χ0n) is 10.3. The van der Waals surface area contributed by atoms with E-state index < -0.39 is 0 Å². The van der Waals surface area contributed by atoms with Crippen molar-refractivity contribution in [3.05, 3.63) is 23.0 Å². The van der Waals surface area contributed by atoms with Crippen LogP contribution in [0.25, 0.3) is 11.4 Å². The van der Waals surface area contributed by atoms with Gasteiger partial charge in [-0.2, -0.15) is 4.98 Å². The maximum atomic E-state index is 6.09. The average Bonchev–Trinajstić information content (AvgIpc) is 2.86. The summed E-state index contributed by atoms with van der Waals surface area (Å²) in [5, 5.41) is 4.22. The molecule has 0 aliphatic carbocycles. The lowest BCUT2D eigenvalue weighted by Crippen LogP contribution is -1.96. The molecule has 2 N–H and O–H groups in total. The number of halogens is 2. The van der Waals surface area contributed by atoms with Crippen LogP contribution in [0, 0.1) is 0 Å². The van der Waals surface area contributed by atoms with E-state index in [4.69, 9.17) is 31.3 Å². The van der Waals surface area contributed by atoms with E-state index in [0.29, 0.717) is 33.8 Å². The molecule has 0 fully saturated rings. The van der Waals surface area contributed by atoms with Crippen molar-refractivity contribution in [1.29, 1.82) is 0 Å². The largest absolute Gasteiger partial charge is 0.493 e. The van der Waals surface area contributed by atoms with Crippen LogP contribution in [0.15, 0.2) is 16.7 Å². The van der Waals surface area contributed by atoms with Gasteiger partial charge in [0.2, 0.25) is 11.7 Å². The first-order valence-corrected chi connectivity index (χ1v) is 5.52. The summed E-state index contributed by atoms with van der Waals surface area (Å²) in [5.74, 6) is 1.72. The maximum Gasteiger partial charge on any atom is 0.240 e. The molecule has 19 heavy (non-hydrogen) atoms. The van der Waals surface area contributed by atoms with Gasteiger partial charge in [-0.05, 0) is 12.1 Å². The van der Waals surface area contributed by atoms with Gasteiger partial charge in [0.1, 0.15) is 0 Å². The first-order chi connectivity index (χ1) is 8.69. The molecule has 0 atom stereocenters. The summed E-state index contributed by atoms with van der Waals surface area (Å²) in [7, 11) is 3.05. The van der Waals surface area contributed by atoms with Crippen LogP contribution in [-0.2, 0) is 6.54 Å². The summed E-state index contributed by atoms with van der Waals surface area (Å²) < 4.78 is 15.3. The lowest BCUT2D eigenvalue weighted by Gasteiger charge is -2.10. The average molecular weight is 306 g/mol. The second kappa shape index (κ2) is 6.60. The fourth-order valence-corrected chi connectivity index (χ4v) is 1.79. The molecule has 2 aromatic rings. The van der Waals surface area contributed by atoms with Crippen molar-refractivity contribution >= 4 is 24.0 Å². The molecule has 0 unspecified atom stereocenters. The van der Waals surface area contributed by atoms with E-state index in [1.165, 1.54) is 14.2 Å². The molecule has 1 aromatic heterocycles. The second-order valence-corrected chi connectivity index (χ2v) is 3.82. The summed E-state index contributed by atoms with van der Waals surface area (Å²) in [6.45, 7) is 0.189. The molecule has 0 amide bonds. The second-order valence-electron chi connectivity index (χ2n) is 3.41. The van der Waals surface area contributed by atoms with E-state index in [2.05, 4.69) is 10.1 Å². The summed E-state index contributed by atoms with van der Waals surface area (Å²) in [4.78, 5) is 4.11. The molecule has 0 radical (unpaired) electrons. The van der Waals surface area contributed by atoms with Crippen LogP contribution < -0.4 is 15.2 Å². The molecule has 0 aliphatic rings. The number of hydrogen-bond donors (Lipinski definition) is 1. The van der Waals surface area contributed by atoms with Crippen LogP contribution in [-0.4, -0.2) is 24.4 Å². The van der Waals surface area contributed by atoms with Gasteiger partial charge in [0.25, 0.3) is 0 Å². The Balaban J connectivity index is 0.00000180. The van der Waals surface area contributed by atoms with Crippen LogP contribution in [0.3, 0.4) is 0 Å². The van der Waals surface area contributed by atoms with Crippen molar-refractivity contribution < 1.29 is 14.0 Å². The van der Waals surface area contributed by atoms with Crippen LogP contribution in [0.5, 0.6) is 11.5 Å². The molecular formula is C11H13Cl2N3O3. The van der Waals surface area contributed by atoms with Crippen LogP contribution in [0.1, 0.15) is 5.89 Å². The number of nitrogens with two attached hydrogens (primary N) is 1. The summed E-state index contributed by atoms with van der Waals surface area (Å²) >= 11 is 6.09. The predicted octanol–water partition coefficient (Wildman–Crippen LogP) is 2.29. The van der Waals surface area contributed by atoms with Crippen molar-refractivity contribution in [2.24, 2.45) is 5.73 Å². The molecule has 0 aliphatic heterocycles. The van der Waals surface area contributed by atoms with E-state index in [-0.39, 0.29) is 19.0 Å². The lowest BCUT2D eigenvalue weighted by atomic mass is 10.2. The number of aromatic nitrogens is 2. The molecule has 0 bridgehead atoms. The Bertz CT molecular complexity index is 560. The highest BCUT2D eigenvalue weighted by Gasteiger charge is 2.15. The normalized spacial score (nSPS) is 9.89. The Morgan fingerprint density at radius 3 is 2.58 bits per heavy atom. The standard InChI is InChI=1S/C11H12ClN3O3.ClH/c1-16-8-4-6(3-7(12)10(8)17-2)11-14-9(5-13)18-15-11;/h3-4H,5,13H2,1-2H3;1H. The minimum absolute atomic E-state index is 0. The fraction of sp³-hybridized carbons (Fsp3) is 0.273. The highest BCUT2D eigenvalue weighted by molar-refractivity contribution is 6.32. The predicted molar refractivity (Wildman–Crippen MR) is 73.0 cm³/mol. The third-order valence-electron chi connectivity index (χ3n) is 2.33. The molecular weight excluding hydrogens is 293 g/mol. The van der Waals surface area contributed by atoms with Crippen molar-refractivity contribution in [2.45, 2.75) is 6.54 Å². The van der Waals surface area contributed by atoms with E-state index in [0.717, 1.165) is 0 Å². The number of rotatable bonds is 4. The number of hydrogen-bond acceptors (Lipinski definition) is 6. The van der Waals surface area contributed by atoms with Gasteiger partial charge in [-0.1, -0.05) is 16.8 Å². The fourth-order valence-electron chi connectivity index (χ4n) is 1.50. The van der Waals surface area contributed by atoms with E-state index in [9.17, 15) is 0 Å². The van der Waals surface area contributed by atoms with E-state index >= 15 is 0 Å². The SMILES string of the molecule is COc1cc(-c2noc(CN)n2)cc(Cl)c1OC.Cl. The van der Waals surface area contributed by atoms with Gasteiger partial charge in [0, 0.05) is 5.56 Å². The first kappa shape index (κ1) is 15.6. The smallest absolute Gasteiger partial charge is 0.240 e. The first-order valence-electron chi connectivity index (χ1n) is 5.14. The number of benzene rings is 1. The maximum absolute atomic E-state index is 6.09. The highest BCUT2D eigenvalue weighted by Crippen LogP contribution is 2.38. The molecule has 0 saturated carbocycles.